The molecule has 0 bridgehead atoms. The zero-order valence-electron chi connectivity index (χ0n) is 65.6. The zero-order chi connectivity index (χ0) is 81.6. The number of hydrogen-bond acceptors (Lipinski definition) is 30. The molecule has 0 aromatic heterocycles. The van der Waals surface area contributed by atoms with E-state index in [1.54, 1.807) is 6.08 Å². The number of allylic oxidation sites excluding steroid dienone is 1. The number of carboxylic acids is 1. The zero-order valence-corrected chi connectivity index (χ0v) is 65.6. The van der Waals surface area contributed by atoms with Gasteiger partial charge in [-0.05, 0) is 19.3 Å². The molecule has 28 atom stereocenters. The van der Waals surface area contributed by atoms with Crippen molar-refractivity contribution in [1.29, 1.82) is 0 Å². The number of ether oxygens (including phenoxy) is 10. The predicted octanol–water partition coefficient (Wildman–Crippen LogP) is 0.518. The Balaban J connectivity index is 1.37. The molecule has 5 saturated heterocycles. The first kappa shape index (κ1) is 98.2. The molecule has 0 aliphatic carbocycles. The summed E-state index contributed by atoms with van der Waals surface area (Å²) in [5, 5.41) is 197. The van der Waals surface area contributed by atoms with Gasteiger partial charge in [-0.25, -0.2) is 4.79 Å². The number of hydrogen-bond donors (Lipinski definition) is 20. The molecule has 111 heavy (non-hydrogen) atoms. The van der Waals surface area contributed by atoms with Crippen LogP contribution >= 0.6 is 0 Å². The van der Waals surface area contributed by atoms with Crippen molar-refractivity contribution < 1.29 is 153 Å². The Morgan fingerprint density at radius 3 is 1.39 bits per heavy atom. The molecule has 5 fully saturated rings. The number of aliphatic hydroxyl groups excluding tert-OH is 16. The van der Waals surface area contributed by atoms with Crippen molar-refractivity contribution >= 4 is 23.7 Å². The minimum Gasteiger partial charge on any atom is -0.477 e. The van der Waals surface area contributed by atoms with Gasteiger partial charge in [-0.1, -0.05) is 206 Å². The maximum absolute atomic E-state index is 13.8. The number of aliphatic hydroxyl groups is 16. The summed E-state index contributed by atoms with van der Waals surface area (Å²) in [6.07, 6.45) is -11.3. The normalized spacial score (nSPS) is 33.8. The Morgan fingerprint density at radius 2 is 0.892 bits per heavy atom. The van der Waals surface area contributed by atoms with Crippen molar-refractivity contribution in [3.05, 3.63) is 12.2 Å². The van der Waals surface area contributed by atoms with Gasteiger partial charge in [0.05, 0.1) is 63.9 Å². The molecule has 1 unspecified atom stereocenters. The van der Waals surface area contributed by atoms with Crippen molar-refractivity contribution in [2.24, 2.45) is 0 Å². The second-order valence-electron chi connectivity index (χ2n) is 30.7. The van der Waals surface area contributed by atoms with E-state index in [4.69, 9.17) is 47.4 Å². The van der Waals surface area contributed by atoms with E-state index in [1.807, 2.05) is 6.08 Å². The lowest BCUT2D eigenvalue weighted by molar-refractivity contribution is -0.403. The van der Waals surface area contributed by atoms with Crippen LogP contribution in [0.3, 0.4) is 0 Å². The van der Waals surface area contributed by atoms with Gasteiger partial charge in [0.25, 0.3) is 5.79 Å². The summed E-state index contributed by atoms with van der Waals surface area (Å²) in [5.74, 6) is -7.70. The van der Waals surface area contributed by atoms with Crippen molar-refractivity contribution in [3.63, 3.8) is 0 Å². The van der Waals surface area contributed by atoms with Crippen LogP contribution in [0.2, 0.25) is 0 Å². The van der Waals surface area contributed by atoms with Gasteiger partial charge in [0, 0.05) is 26.7 Å². The number of carbonyl (C=O) groups excluding carboxylic acids is 3. The van der Waals surface area contributed by atoms with E-state index in [2.05, 4.69) is 29.8 Å². The van der Waals surface area contributed by atoms with Gasteiger partial charge in [0.1, 0.15) is 116 Å². The van der Waals surface area contributed by atoms with Crippen LogP contribution in [-0.2, 0) is 66.5 Å². The smallest absolute Gasteiger partial charge is 0.364 e. The third-order valence-corrected chi connectivity index (χ3v) is 21.6. The lowest BCUT2D eigenvalue weighted by atomic mass is 9.88. The standard InChI is InChI=1S/C77H139N3O31/c1-5-7-9-11-13-15-17-19-21-22-24-26-28-30-32-34-36-38-56(91)80-48(49(88)37-35-33-31-29-27-25-23-20-18-16-14-12-10-8-6-2)45-102-73-65(98)63(96)67(54(43-84)105-73)107-75-66(99)71(111-77(76(100)101)39-50(89)57(78-46(3)86)70(110-77)59(92)51(90)40-81)68(55(44-85)106-75)108-72-58(79-47(4)87)69(61(94)53(42-83)103-72)109-74-64(97)62(95)60(93)52(41-82)104-74/h35,37,48-55,57-75,81-85,88-90,92-99H,5-34,36,38-45H2,1-4H3,(H,78,86)(H,79,87)(H,80,91)(H,100,101)/b37-35+/t48-,49+,50+,51-,52-,53-,54-,55-,57-,58-,59-,60+,61+,62+,63-,64-,65-,66-,67-,68+,69-,70-,71-,72+,73?,74+,75+,77+/m1/s1. The van der Waals surface area contributed by atoms with Crippen molar-refractivity contribution in [2.75, 3.05) is 39.6 Å². The molecule has 0 spiro atoms. The van der Waals surface area contributed by atoms with E-state index in [1.165, 1.54) is 128 Å². The van der Waals surface area contributed by atoms with E-state index in [0.29, 0.717) is 12.8 Å². The Bertz CT molecular complexity index is 2570. The summed E-state index contributed by atoms with van der Waals surface area (Å²) in [4.78, 5) is 53.1. The molecule has 0 radical (unpaired) electrons. The number of aliphatic carboxylic acids is 1. The lowest BCUT2D eigenvalue weighted by Gasteiger charge is -2.52. The molecular weight excluding hydrogens is 1460 g/mol. The highest BCUT2D eigenvalue weighted by Gasteiger charge is 2.62. The first-order valence-corrected chi connectivity index (χ1v) is 41.1. The average molecular weight is 1600 g/mol. The molecule has 648 valence electrons. The summed E-state index contributed by atoms with van der Waals surface area (Å²) < 4.78 is 60.2. The van der Waals surface area contributed by atoms with Crippen LogP contribution in [-0.4, -0.2) is 321 Å². The third kappa shape index (κ3) is 31.4. The van der Waals surface area contributed by atoms with Gasteiger partial charge in [-0.2, -0.15) is 0 Å². The summed E-state index contributed by atoms with van der Waals surface area (Å²) in [6, 6.07) is -4.81. The Hall–Kier alpha value is -3.42. The number of amides is 3. The molecule has 0 aromatic carbocycles. The Morgan fingerprint density at radius 1 is 0.468 bits per heavy atom. The van der Waals surface area contributed by atoms with E-state index in [-0.39, 0.29) is 12.3 Å². The molecule has 34 heteroatoms. The maximum atomic E-state index is 13.8. The second kappa shape index (κ2) is 53.1. The monoisotopic (exact) mass is 1600 g/mol. The van der Waals surface area contributed by atoms with Crippen LogP contribution < -0.4 is 16.0 Å². The highest BCUT2D eigenvalue weighted by Crippen LogP contribution is 2.41. The number of rotatable bonds is 56. The molecule has 5 aliphatic heterocycles. The SMILES string of the molecule is CCCCCCCCCCCCCCC/C=C/[C@H](O)[C@@H](COC1O[C@H](CO)[C@@H](O[C@@H]2O[C@H](CO)[C@H](O[C@@H]3O[C@H](CO)[C@H](O)[C@H](O[C@@H]4O[C@H](CO)[C@H](O)[C@H](O)[C@H]4O)[C@H]3NC(C)=O)[C@H](O[C@]3(C(=O)O)C[C@H](O)[C@@H](NC(C)=O)[C@H]([C@H](O)[C@H](O)CO)O3)[C@H]2O)[C@H](O)[C@H]1O)NC(=O)CCCCCCCCCCCCCCCCCCC. The Kier molecular flexibility index (Phi) is 47.0. The first-order valence-electron chi connectivity index (χ1n) is 41.1. The summed E-state index contributed by atoms with van der Waals surface area (Å²) in [7, 11) is 0. The van der Waals surface area contributed by atoms with Crippen LogP contribution in [0.4, 0.5) is 0 Å². The molecule has 5 aliphatic rings. The van der Waals surface area contributed by atoms with E-state index in [0.717, 1.165) is 71.6 Å². The van der Waals surface area contributed by atoms with Gasteiger partial charge in [-0.3, -0.25) is 14.4 Å². The van der Waals surface area contributed by atoms with E-state index >= 15 is 0 Å². The fourth-order valence-electron chi connectivity index (χ4n) is 15.0. The van der Waals surface area contributed by atoms with Crippen LogP contribution in [0.15, 0.2) is 12.2 Å². The second-order valence-corrected chi connectivity index (χ2v) is 30.7. The highest BCUT2D eigenvalue weighted by atomic mass is 16.8. The molecule has 3 amide bonds. The predicted molar refractivity (Wildman–Crippen MR) is 397 cm³/mol. The van der Waals surface area contributed by atoms with Crippen molar-refractivity contribution in [2.45, 2.75) is 411 Å². The topological polar surface area (TPSA) is 541 Å². The van der Waals surface area contributed by atoms with Crippen LogP contribution in [0, 0.1) is 0 Å². The highest BCUT2D eigenvalue weighted by molar-refractivity contribution is 5.77. The average Bonchev–Trinajstić information content (AvgIpc) is 0.749. The number of unbranched alkanes of at least 4 members (excludes halogenated alkanes) is 29. The Labute approximate surface area is 653 Å². The van der Waals surface area contributed by atoms with Crippen molar-refractivity contribution in [3.8, 4) is 0 Å². The first-order chi connectivity index (χ1) is 53.3. The quantitative estimate of drug-likeness (QED) is 0.0291. The maximum Gasteiger partial charge on any atom is 0.364 e. The molecule has 20 N–H and O–H groups in total. The van der Waals surface area contributed by atoms with E-state index < -0.39 is 235 Å². The van der Waals surface area contributed by atoms with Crippen LogP contribution in [0.25, 0.3) is 0 Å². The van der Waals surface area contributed by atoms with E-state index in [9.17, 15) is 106 Å². The lowest BCUT2D eigenvalue weighted by Crippen LogP contribution is -2.72. The van der Waals surface area contributed by atoms with Gasteiger partial charge >= 0.3 is 5.97 Å². The summed E-state index contributed by atoms with van der Waals surface area (Å²) >= 11 is 0. The van der Waals surface area contributed by atoms with Crippen LogP contribution in [0.5, 0.6) is 0 Å². The fraction of sp³-hybridized carbons (Fsp3) is 0.922. The number of nitrogens with one attached hydrogen (secondary N) is 3. The third-order valence-electron chi connectivity index (χ3n) is 21.6. The minimum absolute atomic E-state index is 0.135. The van der Waals surface area contributed by atoms with Gasteiger partial charge in [-0.15, -0.1) is 0 Å². The largest absolute Gasteiger partial charge is 0.477 e. The fourth-order valence-corrected chi connectivity index (χ4v) is 15.0. The number of carboxylic acid groups (broad SMARTS) is 1. The van der Waals surface area contributed by atoms with Gasteiger partial charge in [0.2, 0.25) is 17.7 Å². The summed E-state index contributed by atoms with van der Waals surface area (Å²) in [6.45, 7) is 0.352. The molecule has 5 heterocycles. The molecule has 34 nitrogen and oxygen atoms in total. The molecule has 5 rings (SSSR count). The van der Waals surface area contributed by atoms with Gasteiger partial charge < -0.3 is 150 Å². The summed E-state index contributed by atoms with van der Waals surface area (Å²) in [5.41, 5.74) is 0. The minimum atomic E-state index is -3.38. The van der Waals surface area contributed by atoms with Crippen molar-refractivity contribution in [1.82, 2.24) is 16.0 Å². The number of carbonyl (C=O) groups is 4. The molecule has 0 saturated carbocycles. The molecular formula is C77H139N3O31. The molecule has 0 aromatic rings. The van der Waals surface area contributed by atoms with Gasteiger partial charge in [0.15, 0.2) is 25.2 Å². The van der Waals surface area contributed by atoms with Crippen LogP contribution in [0.1, 0.15) is 240 Å².